The SMILES string of the molecule is Cc1ccc(-c2noc(CS(=O)CC(=O)NC(C)c3ccccc3)n2)cc1. The van der Waals surface area contributed by atoms with Crippen LogP contribution in [0.25, 0.3) is 11.4 Å². The van der Waals surface area contributed by atoms with Crippen molar-refractivity contribution >= 4 is 16.7 Å². The number of aryl methyl sites for hydroxylation is 1. The Morgan fingerprint density at radius 1 is 1.15 bits per heavy atom. The number of nitrogens with one attached hydrogen (secondary N) is 1. The van der Waals surface area contributed by atoms with Gasteiger partial charge in [0.1, 0.15) is 11.5 Å². The summed E-state index contributed by atoms with van der Waals surface area (Å²) in [6, 6.07) is 17.2. The Labute approximate surface area is 160 Å². The number of aromatic nitrogens is 2. The van der Waals surface area contributed by atoms with Gasteiger partial charge in [-0.3, -0.25) is 9.00 Å². The largest absolute Gasteiger partial charge is 0.349 e. The van der Waals surface area contributed by atoms with Crippen molar-refractivity contribution in [1.29, 1.82) is 0 Å². The van der Waals surface area contributed by atoms with E-state index in [4.69, 9.17) is 4.52 Å². The Bertz CT molecular complexity index is 923. The third kappa shape index (κ3) is 5.34. The van der Waals surface area contributed by atoms with Crippen LogP contribution in [0.15, 0.2) is 59.1 Å². The van der Waals surface area contributed by atoms with E-state index in [1.54, 1.807) is 0 Å². The van der Waals surface area contributed by atoms with Gasteiger partial charge in [-0.15, -0.1) is 0 Å². The molecule has 1 heterocycles. The number of benzene rings is 2. The molecule has 0 aliphatic rings. The molecular formula is C20H21N3O3S. The van der Waals surface area contributed by atoms with Crippen LogP contribution in [0.3, 0.4) is 0 Å². The van der Waals surface area contributed by atoms with E-state index in [2.05, 4.69) is 15.5 Å². The summed E-state index contributed by atoms with van der Waals surface area (Å²) >= 11 is 0. The number of rotatable bonds is 7. The standard InChI is InChI=1S/C20H21N3O3S/c1-14-8-10-17(11-9-14)20-22-19(26-23-20)13-27(25)12-18(24)21-15(2)16-6-4-3-5-7-16/h3-11,15H,12-13H2,1-2H3,(H,21,24). The molecule has 1 amide bonds. The number of amides is 1. The molecule has 2 atom stereocenters. The third-order valence-corrected chi connectivity index (χ3v) is 5.18. The second kappa shape index (κ2) is 8.73. The lowest BCUT2D eigenvalue weighted by atomic mass is 10.1. The van der Waals surface area contributed by atoms with E-state index in [1.165, 1.54) is 0 Å². The lowest BCUT2D eigenvalue weighted by Gasteiger charge is -2.13. The zero-order valence-corrected chi connectivity index (χ0v) is 16.0. The van der Waals surface area contributed by atoms with Crippen molar-refractivity contribution in [2.75, 3.05) is 5.75 Å². The molecule has 3 rings (SSSR count). The predicted molar refractivity (Wildman–Crippen MR) is 104 cm³/mol. The van der Waals surface area contributed by atoms with Gasteiger partial charge < -0.3 is 9.84 Å². The van der Waals surface area contributed by atoms with Crippen molar-refractivity contribution in [3.05, 3.63) is 71.6 Å². The zero-order valence-electron chi connectivity index (χ0n) is 15.2. The molecule has 0 spiro atoms. The maximum atomic E-state index is 12.3. The van der Waals surface area contributed by atoms with Gasteiger partial charge in [-0.25, -0.2) is 0 Å². The van der Waals surface area contributed by atoms with Crippen molar-refractivity contribution < 1.29 is 13.5 Å². The minimum Gasteiger partial charge on any atom is -0.349 e. The van der Waals surface area contributed by atoms with E-state index in [-0.39, 0.29) is 29.3 Å². The maximum Gasteiger partial charge on any atom is 0.239 e. The van der Waals surface area contributed by atoms with Crippen LogP contribution in [0.5, 0.6) is 0 Å². The molecule has 2 unspecified atom stereocenters. The fraction of sp³-hybridized carbons (Fsp3) is 0.250. The van der Waals surface area contributed by atoms with Crippen LogP contribution in [-0.2, 0) is 21.3 Å². The first-order chi connectivity index (χ1) is 13.0. The van der Waals surface area contributed by atoms with Crippen molar-refractivity contribution in [2.45, 2.75) is 25.6 Å². The number of carbonyl (C=O) groups excluding carboxylic acids is 1. The molecule has 6 nitrogen and oxygen atoms in total. The van der Waals surface area contributed by atoms with Gasteiger partial charge in [0.15, 0.2) is 0 Å². The van der Waals surface area contributed by atoms with Crippen LogP contribution in [0.4, 0.5) is 0 Å². The Morgan fingerprint density at radius 2 is 1.85 bits per heavy atom. The molecule has 0 aliphatic carbocycles. The van der Waals surface area contributed by atoms with Crippen LogP contribution in [0, 0.1) is 6.92 Å². The molecule has 3 aromatic rings. The van der Waals surface area contributed by atoms with Crippen molar-refractivity contribution in [3.63, 3.8) is 0 Å². The summed E-state index contributed by atoms with van der Waals surface area (Å²) in [7, 11) is -1.43. The maximum absolute atomic E-state index is 12.3. The van der Waals surface area contributed by atoms with Crippen LogP contribution >= 0.6 is 0 Å². The fourth-order valence-electron chi connectivity index (χ4n) is 2.58. The van der Waals surface area contributed by atoms with Crippen LogP contribution in [-0.4, -0.2) is 26.0 Å². The highest BCUT2D eigenvalue weighted by Gasteiger charge is 2.16. The summed E-state index contributed by atoms with van der Waals surface area (Å²) in [5, 5.41) is 6.77. The lowest BCUT2D eigenvalue weighted by Crippen LogP contribution is -2.31. The molecule has 0 radical (unpaired) electrons. The molecule has 0 saturated carbocycles. The normalized spacial score (nSPS) is 13.1. The highest BCUT2D eigenvalue weighted by atomic mass is 32.2. The second-order valence-electron chi connectivity index (χ2n) is 6.31. The van der Waals surface area contributed by atoms with Crippen molar-refractivity contribution in [1.82, 2.24) is 15.5 Å². The lowest BCUT2D eigenvalue weighted by molar-refractivity contribution is -0.119. The summed E-state index contributed by atoms with van der Waals surface area (Å²) in [4.78, 5) is 16.4. The fourth-order valence-corrected chi connectivity index (χ4v) is 3.45. The number of carbonyl (C=O) groups is 1. The van der Waals surface area contributed by atoms with Gasteiger partial charge in [0.2, 0.25) is 17.6 Å². The molecular weight excluding hydrogens is 362 g/mol. The van der Waals surface area contributed by atoms with E-state index in [0.29, 0.717) is 5.82 Å². The minimum atomic E-state index is -1.43. The smallest absolute Gasteiger partial charge is 0.239 e. The predicted octanol–water partition coefficient (Wildman–Crippen LogP) is 3.17. The molecule has 0 fully saturated rings. The summed E-state index contributed by atoms with van der Waals surface area (Å²) in [5.41, 5.74) is 2.96. The Hall–Kier alpha value is -2.80. The van der Waals surface area contributed by atoms with E-state index < -0.39 is 10.8 Å². The van der Waals surface area contributed by atoms with Crippen LogP contribution < -0.4 is 5.32 Å². The molecule has 0 saturated heterocycles. The van der Waals surface area contributed by atoms with Gasteiger partial charge in [-0.1, -0.05) is 65.3 Å². The van der Waals surface area contributed by atoms with Gasteiger partial charge in [-0.2, -0.15) is 4.98 Å². The third-order valence-electron chi connectivity index (χ3n) is 4.03. The van der Waals surface area contributed by atoms with Gasteiger partial charge in [0.25, 0.3) is 0 Å². The van der Waals surface area contributed by atoms with Gasteiger partial charge >= 0.3 is 0 Å². The van der Waals surface area contributed by atoms with Crippen LogP contribution in [0.2, 0.25) is 0 Å². The zero-order chi connectivity index (χ0) is 19.2. The average Bonchev–Trinajstić information content (AvgIpc) is 3.11. The van der Waals surface area contributed by atoms with Gasteiger partial charge in [0, 0.05) is 16.4 Å². The van der Waals surface area contributed by atoms with Gasteiger partial charge in [-0.05, 0) is 19.4 Å². The highest BCUT2D eigenvalue weighted by Crippen LogP contribution is 2.17. The first-order valence-electron chi connectivity index (χ1n) is 8.60. The summed E-state index contributed by atoms with van der Waals surface area (Å²) in [6.07, 6.45) is 0. The Balaban J connectivity index is 1.53. The number of hydrogen-bond donors (Lipinski definition) is 1. The first-order valence-corrected chi connectivity index (χ1v) is 10.1. The van der Waals surface area contributed by atoms with Gasteiger partial charge in [0.05, 0.1) is 6.04 Å². The molecule has 2 aromatic carbocycles. The topological polar surface area (TPSA) is 85.1 Å². The minimum absolute atomic E-state index is 0.0476. The summed E-state index contributed by atoms with van der Waals surface area (Å²) in [6.45, 7) is 3.89. The molecule has 140 valence electrons. The van der Waals surface area contributed by atoms with Crippen molar-refractivity contribution in [2.24, 2.45) is 0 Å². The molecule has 1 N–H and O–H groups in total. The van der Waals surface area contributed by atoms with Crippen LogP contribution in [0.1, 0.15) is 30.0 Å². The highest BCUT2D eigenvalue weighted by molar-refractivity contribution is 7.84. The monoisotopic (exact) mass is 383 g/mol. The first kappa shape index (κ1) is 19.0. The number of nitrogens with zero attached hydrogens (tertiary/aromatic N) is 2. The summed E-state index contributed by atoms with van der Waals surface area (Å²) in [5.74, 6) is 0.366. The average molecular weight is 383 g/mol. The van der Waals surface area contributed by atoms with Crippen molar-refractivity contribution in [3.8, 4) is 11.4 Å². The van der Waals surface area contributed by atoms with E-state index in [1.807, 2.05) is 68.4 Å². The Kier molecular flexibility index (Phi) is 6.13. The van der Waals surface area contributed by atoms with E-state index >= 15 is 0 Å². The number of hydrogen-bond acceptors (Lipinski definition) is 5. The molecule has 0 bridgehead atoms. The van der Waals surface area contributed by atoms with E-state index in [9.17, 15) is 9.00 Å². The molecule has 0 aliphatic heterocycles. The molecule has 1 aromatic heterocycles. The molecule has 27 heavy (non-hydrogen) atoms. The summed E-state index contributed by atoms with van der Waals surface area (Å²) < 4.78 is 17.4. The Morgan fingerprint density at radius 3 is 2.56 bits per heavy atom. The van der Waals surface area contributed by atoms with E-state index in [0.717, 1.165) is 16.7 Å². The second-order valence-corrected chi connectivity index (χ2v) is 7.76. The quantitative estimate of drug-likeness (QED) is 0.677. The molecule has 7 heteroatoms.